The molecule has 0 bridgehead atoms. The van der Waals surface area contributed by atoms with Crippen molar-refractivity contribution in [3.63, 3.8) is 0 Å². The lowest BCUT2D eigenvalue weighted by Gasteiger charge is -2.25. The van der Waals surface area contributed by atoms with Gasteiger partial charge >= 0.3 is 0 Å². The van der Waals surface area contributed by atoms with E-state index in [9.17, 15) is 13.6 Å². The van der Waals surface area contributed by atoms with Gasteiger partial charge in [0.2, 0.25) is 5.91 Å². The van der Waals surface area contributed by atoms with Gasteiger partial charge in [-0.3, -0.25) is 10.1 Å². The number of carbonyl (C=O) groups is 1. The van der Waals surface area contributed by atoms with Crippen LogP contribution in [0.5, 0.6) is 0 Å². The number of nitrogens with one attached hydrogen (secondary N) is 1. The molecule has 21 heavy (non-hydrogen) atoms. The van der Waals surface area contributed by atoms with Crippen LogP contribution in [0, 0.1) is 17.6 Å². The van der Waals surface area contributed by atoms with Gasteiger partial charge in [-0.15, -0.1) is 0 Å². The molecule has 3 nitrogen and oxygen atoms in total. The average molecular weight is 296 g/mol. The van der Waals surface area contributed by atoms with E-state index in [1.54, 1.807) is 11.8 Å². The molecular weight excluding hydrogens is 274 g/mol. The monoisotopic (exact) mass is 296 g/mol. The first-order valence-corrected chi connectivity index (χ1v) is 7.41. The highest BCUT2D eigenvalue weighted by atomic mass is 19.1. The molecule has 0 aromatic heterocycles. The number of hydrogen-bond acceptors (Lipinski definition) is 2. The van der Waals surface area contributed by atoms with Gasteiger partial charge in [0.15, 0.2) is 0 Å². The van der Waals surface area contributed by atoms with E-state index in [0.717, 1.165) is 18.9 Å². The summed E-state index contributed by atoms with van der Waals surface area (Å²) in [5.74, 6) is -0.704. The Morgan fingerprint density at radius 2 is 2.05 bits per heavy atom. The smallest absolute Gasteiger partial charge is 0.241 e. The number of amides is 1. The molecule has 1 amide bonds. The van der Waals surface area contributed by atoms with Gasteiger partial charge in [0.05, 0.1) is 6.04 Å². The zero-order chi connectivity index (χ0) is 15.6. The lowest BCUT2D eigenvalue weighted by Crippen LogP contribution is -2.32. The third kappa shape index (κ3) is 3.59. The van der Waals surface area contributed by atoms with Crippen LogP contribution < -0.4 is 5.32 Å². The minimum atomic E-state index is -0.622. The molecule has 1 heterocycles. The Kier molecular flexibility index (Phi) is 4.93. The number of nitrogens with zero attached hydrogens (tertiary/aromatic N) is 1. The van der Waals surface area contributed by atoms with E-state index in [2.05, 4.69) is 19.2 Å². The van der Waals surface area contributed by atoms with E-state index in [-0.39, 0.29) is 11.9 Å². The standard InChI is InChI=1S/C16H22F2N2O/c1-10(2)5-4-8-20-15(19-11(3)16(20)21)13-7-6-12(17)9-14(13)18/h6-7,9-11,15,19H,4-5,8H2,1-3H3. The number of hydrogen-bond donors (Lipinski definition) is 1. The Labute approximate surface area is 124 Å². The van der Waals surface area contributed by atoms with Gasteiger partial charge in [0.25, 0.3) is 0 Å². The highest BCUT2D eigenvalue weighted by Crippen LogP contribution is 2.28. The van der Waals surface area contributed by atoms with Crippen molar-refractivity contribution >= 4 is 5.91 Å². The van der Waals surface area contributed by atoms with E-state index < -0.39 is 17.8 Å². The van der Waals surface area contributed by atoms with Crippen LogP contribution in [0.1, 0.15) is 45.3 Å². The normalized spacial score (nSPS) is 22.4. The maximum Gasteiger partial charge on any atom is 0.241 e. The maximum atomic E-state index is 14.0. The molecule has 0 aliphatic carbocycles. The quantitative estimate of drug-likeness (QED) is 0.905. The molecule has 2 atom stereocenters. The zero-order valence-corrected chi connectivity index (χ0v) is 12.7. The van der Waals surface area contributed by atoms with Crippen molar-refractivity contribution in [1.29, 1.82) is 0 Å². The molecule has 0 radical (unpaired) electrons. The molecule has 1 N–H and O–H groups in total. The summed E-state index contributed by atoms with van der Waals surface area (Å²) in [7, 11) is 0. The van der Waals surface area contributed by atoms with Gasteiger partial charge in [-0.2, -0.15) is 0 Å². The maximum absolute atomic E-state index is 14.0. The Morgan fingerprint density at radius 1 is 1.33 bits per heavy atom. The van der Waals surface area contributed by atoms with Gasteiger partial charge in [-0.1, -0.05) is 13.8 Å². The third-order valence-electron chi connectivity index (χ3n) is 3.81. The van der Waals surface area contributed by atoms with Gasteiger partial charge in [-0.25, -0.2) is 8.78 Å². The van der Waals surface area contributed by atoms with Crippen LogP contribution in [-0.4, -0.2) is 23.4 Å². The van der Waals surface area contributed by atoms with Crippen molar-refractivity contribution in [2.45, 2.75) is 45.8 Å². The van der Waals surface area contributed by atoms with Crippen LogP contribution in [-0.2, 0) is 4.79 Å². The minimum Gasteiger partial charge on any atom is -0.321 e. The molecule has 0 saturated carbocycles. The molecule has 1 aliphatic rings. The first kappa shape index (κ1) is 15.9. The van der Waals surface area contributed by atoms with Gasteiger partial charge in [0, 0.05) is 18.2 Å². The first-order chi connectivity index (χ1) is 9.90. The third-order valence-corrected chi connectivity index (χ3v) is 3.81. The predicted octanol–water partition coefficient (Wildman–Crippen LogP) is 3.22. The van der Waals surface area contributed by atoms with Crippen molar-refractivity contribution in [2.24, 2.45) is 5.92 Å². The molecule has 2 unspecified atom stereocenters. The largest absolute Gasteiger partial charge is 0.321 e. The Balaban J connectivity index is 2.17. The van der Waals surface area contributed by atoms with E-state index in [0.29, 0.717) is 18.0 Å². The van der Waals surface area contributed by atoms with Crippen LogP contribution in [0.4, 0.5) is 8.78 Å². The second-order valence-electron chi connectivity index (χ2n) is 6.02. The summed E-state index contributed by atoms with van der Waals surface area (Å²) in [5.41, 5.74) is 0.318. The van der Waals surface area contributed by atoms with E-state index >= 15 is 0 Å². The van der Waals surface area contributed by atoms with Crippen LogP contribution >= 0.6 is 0 Å². The fraction of sp³-hybridized carbons (Fsp3) is 0.562. The number of halogens is 2. The lowest BCUT2D eigenvalue weighted by atomic mass is 10.1. The van der Waals surface area contributed by atoms with Gasteiger partial charge < -0.3 is 4.90 Å². The first-order valence-electron chi connectivity index (χ1n) is 7.41. The average Bonchev–Trinajstić information content (AvgIpc) is 2.66. The second-order valence-corrected chi connectivity index (χ2v) is 6.02. The Bertz CT molecular complexity index is 519. The van der Waals surface area contributed by atoms with Crippen LogP contribution in [0.25, 0.3) is 0 Å². The van der Waals surface area contributed by atoms with Crippen LogP contribution in [0.2, 0.25) is 0 Å². The van der Waals surface area contributed by atoms with Crippen molar-refractivity contribution < 1.29 is 13.6 Å². The molecular formula is C16H22F2N2O. The van der Waals surface area contributed by atoms with Crippen molar-refractivity contribution in [1.82, 2.24) is 10.2 Å². The molecule has 1 saturated heterocycles. The number of carbonyl (C=O) groups excluding carboxylic acids is 1. The van der Waals surface area contributed by atoms with E-state index in [4.69, 9.17) is 0 Å². The highest BCUT2D eigenvalue weighted by Gasteiger charge is 2.37. The Morgan fingerprint density at radius 3 is 2.67 bits per heavy atom. The topological polar surface area (TPSA) is 32.3 Å². The summed E-state index contributed by atoms with van der Waals surface area (Å²) in [5, 5.41) is 3.08. The highest BCUT2D eigenvalue weighted by molar-refractivity contribution is 5.84. The van der Waals surface area contributed by atoms with Gasteiger partial charge in [0.1, 0.15) is 17.8 Å². The molecule has 2 rings (SSSR count). The Hall–Kier alpha value is -1.49. The molecule has 1 fully saturated rings. The molecule has 0 spiro atoms. The van der Waals surface area contributed by atoms with Crippen molar-refractivity contribution in [3.8, 4) is 0 Å². The van der Waals surface area contributed by atoms with Gasteiger partial charge in [-0.05, 0) is 37.8 Å². The summed E-state index contributed by atoms with van der Waals surface area (Å²) >= 11 is 0. The number of rotatable bonds is 5. The zero-order valence-electron chi connectivity index (χ0n) is 12.7. The van der Waals surface area contributed by atoms with Crippen molar-refractivity contribution in [2.75, 3.05) is 6.54 Å². The fourth-order valence-corrected chi connectivity index (χ4v) is 2.66. The fourth-order valence-electron chi connectivity index (χ4n) is 2.66. The molecule has 116 valence electrons. The predicted molar refractivity (Wildman–Crippen MR) is 77.5 cm³/mol. The molecule has 1 aromatic rings. The minimum absolute atomic E-state index is 0.0347. The van der Waals surface area contributed by atoms with Crippen LogP contribution in [0.3, 0.4) is 0 Å². The molecule has 1 aromatic carbocycles. The lowest BCUT2D eigenvalue weighted by molar-refractivity contribution is -0.129. The summed E-state index contributed by atoms with van der Waals surface area (Å²) in [6.45, 7) is 6.60. The second kappa shape index (κ2) is 6.52. The summed E-state index contributed by atoms with van der Waals surface area (Å²) in [4.78, 5) is 13.9. The summed E-state index contributed by atoms with van der Waals surface area (Å²) in [6.07, 6.45) is 1.37. The van der Waals surface area contributed by atoms with E-state index in [1.807, 2.05) is 0 Å². The molecule has 5 heteroatoms. The van der Waals surface area contributed by atoms with Crippen molar-refractivity contribution in [3.05, 3.63) is 35.4 Å². The van der Waals surface area contributed by atoms with E-state index in [1.165, 1.54) is 12.1 Å². The summed E-state index contributed by atoms with van der Waals surface area (Å²) in [6, 6.07) is 3.14. The number of benzene rings is 1. The summed E-state index contributed by atoms with van der Waals surface area (Å²) < 4.78 is 27.0. The molecule has 1 aliphatic heterocycles. The van der Waals surface area contributed by atoms with Crippen LogP contribution in [0.15, 0.2) is 18.2 Å². The SMILES string of the molecule is CC(C)CCCN1C(=O)C(C)NC1c1ccc(F)cc1F.